The Hall–Kier alpha value is -3.87. The van der Waals surface area contributed by atoms with Crippen LogP contribution < -0.4 is 20.1 Å². The lowest BCUT2D eigenvalue weighted by atomic mass is 10.2. The molecule has 3 rings (SSSR count). The zero-order valence-corrected chi connectivity index (χ0v) is 16.4. The van der Waals surface area contributed by atoms with E-state index in [1.54, 1.807) is 31.4 Å². The van der Waals surface area contributed by atoms with E-state index in [-0.39, 0.29) is 11.6 Å². The van der Waals surface area contributed by atoms with Crippen LogP contribution in [0, 0.1) is 6.92 Å². The number of nitrogens with one attached hydrogen (secondary N) is 2. The molecule has 0 bridgehead atoms. The van der Waals surface area contributed by atoms with Crippen LogP contribution in [0.1, 0.15) is 26.4 Å². The van der Waals surface area contributed by atoms with Crippen LogP contribution in [0.3, 0.4) is 0 Å². The number of aromatic nitrogens is 1. The average Bonchev–Trinajstić information content (AvgIpc) is 2.75. The quantitative estimate of drug-likeness (QED) is 0.665. The Morgan fingerprint density at radius 2 is 1.62 bits per heavy atom. The molecule has 0 atom stereocenters. The van der Waals surface area contributed by atoms with Crippen molar-refractivity contribution in [2.75, 3.05) is 24.9 Å². The molecule has 0 radical (unpaired) electrons. The highest BCUT2D eigenvalue weighted by molar-refractivity contribution is 6.08. The first-order valence-corrected chi connectivity index (χ1v) is 8.87. The van der Waals surface area contributed by atoms with Gasteiger partial charge in [-0.15, -0.1) is 0 Å². The van der Waals surface area contributed by atoms with Gasteiger partial charge in [0.25, 0.3) is 11.8 Å². The second-order valence-corrected chi connectivity index (χ2v) is 6.27. The fourth-order valence-electron chi connectivity index (χ4n) is 2.62. The molecule has 0 aliphatic rings. The number of hydrogen-bond acceptors (Lipinski definition) is 5. The number of methoxy groups -OCH3 is 2. The van der Waals surface area contributed by atoms with Gasteiger partial charge in [-0.2, -0.15) is 0 Å². The van der Waals surface area contributed by atoms with E-state index in [1.165, 1.54) is 19.4 Å². The van der Waals surface area contributed by atoms with Crippen LogP contribution in [0.5, 0.6) is 11.5 Å². The number of hydrogen-bond donors (Lipinski definition) is 2. The summed E-state index contributed by atoms with van der Waals surface area (Å²) in [6.45, 7) is 1.97. The molecule has 29 heavy (non-hydrogen) atoms. The average molecular weight is 391 g/mol. The zero-order chi connectivity index (χ0) is 20.8. The molecule has 0 spiro atoms. The third-order valence-electron chi connectivity index (χ3n) is 4.22. The normalized spacial score (nSPS) is 10.2. The summed E-state index contributed by atoms with van der Waals surface area (Å²) in [7, 11) is 3.04. The molecule has 0 saturated carbocycles. The molecule has 2 amide bonds. The molecule has 0 unspecified atom stereocenters. The predicted octanol–water partition coefficient (Wildman–Crippen LogP) is 3.91. The molecule has 7 heteroatoms. The first-order chi connectivity index (χ1) is 14.0. The highest BCUT2D eigenvalue weighted by Crippen LogP contribution is 2.29. The molecule has 0 fully saturated rings. The SMILES string of the molecule is COc1ccc(NC(=O)c2cc(C(=O)Nc3ccc(C)cc3)ccn2)c(OC)c1. The van der Waals surface area contributed by atoms with Crippen molar-refractivity contribution in [2.24, 2.45) is 0 Å². The molecule has 2 N–H and O–H groups in total. The van der Waals surface area contributed by atoms with Crippen molar-refractivity contribution in [1.29, 1.82) is 0 Å². The second-order valence-electron chi connectivity index (χ2n) is 6.27. The van der Waals surface area contributed by atoms with Crippen LogP contribution in [0.2, 0.25) is 0 Å². The smallest absolute Gasteiger partial charge is 0.274 e. The summed E-state index contributed by atoms with van der Waals surface area (Å²) in [4.78, 5) is 29.2. The number of ether oxygens (including phenoxy) is 2. The number of benzene rings is 2. The van der Waals surface area contributed by atoms with Crippen molar-refractivity contribution >= 4 is 23.2 Å². The van der Waals surface area contributed by atoms with E-state index >= 15 is 0 Å². The molecule has 7 nitrogen and oxygen atoms in total. The number of aryl methyl sites for hydroxylation is 1. The predicted molar refractivity (Wildman–Crippen MR) is 111 cm³/mol. The van der Waals surface area contributed by atoms with E-state index in [4.69, 9.17) is 9.47 Å². The standard InChI is InChI=1S/C22H21N3O4/c1-14-4-6-16(7-5-14)24-21(26)15-10-11-23-19(12-15)22(27)25-18-9-8-17(28-2)13-20(18)29-3/h4-13H,1-3H3,(H,24,26)(H,25,27). The maximum absolute atomic E-state index is 12.6. The maximum atomic E-state index is 12.6. The van der Waals surface area contributed by atoms with E-state index in [1.807, 2.05) is 31.2 Å². The summed E-state index contributed by atoms with van der Waals surface area (Å²) in [5, 5.41) is 5.54. The van der Waals surface area contributed by atoms with Crippen molar-refractivity contribution in [3.05, 3.63) is 77.6 Å². The van der Waals surface area contributed by atoms with Crippen LogP contribution in [0.4, 0.5) is 11.4 Å². The molecule has 3 aromatic rings. The van der Waals surface area contributed by atoms with Crippen LogP contribution in [0.15, 0.2) is 60.8 Å². The van der Waals surface area contributed by atoms with E-state index in [0.29, 0.717) is 28.4 Å². The summed E-state index contributed by atoms with van der Waals surface area (Å²) in [5.41, 5.74) is 2.67. The van der Waals surface area contributed by atoms with Crippen molar-refractivity contribution < 1.29 is 19.1 Å². The van der Waals surface area contributed by atoms with Crippen LogP contribution in [0.25, 0.3) is 0 Å². The maximum Gasteiger partial charge on any atom is 0.274 e. The third-order valence-corrected chi connectivity index (χ3v) is 4.22. The minimum Gasteiger partial charge on any atom is -0.497 e. The Morgan fingerprint density at radius 3 is 2.31 bits per heavy atom. The van der Waals surface area contributed by atoms with Crippen molar-refractivity contribution in [3.8, 4) is 11.5 Å². The van der Waals surface area contributed by atoms with Gasteiger partial charge >= 0.3 is 0 Å². The Bertz CT molecular complexity index is 1030. The Labute approximate surface area is 168 Å². The number of anilines is 2. The lowest BCUT2D eigenvalue weighted by Crippen LogP contribution is -2.17. The fraction of sp³-hybridized carbons (Fsp3) is 0.136. The van der Waals surface area contributed by atoms with Crippen molar-refractivity contribution in [3.63, 3.8) is 0 Å². The number of pyridine rings is 1. The van der Waals surface area contributed by atoms with Gasteiger partial charge in [0.2, 0.25) is 0 Å². The second kappa shape index (κ2) is 8.88. The topological polar surface area (TPSA) is 89.5 Å². The molecule has 2 aromatic carbocycles. The lowest BCUT2D eigenvalue weighted by Gasteiger charge is -2.12. The van der Waals surface area contributed by atoms with Gasteiger partial charge in [-0.1, -0.05) is 17.7 Å². The van der Waals surface area contributed by atoms with Gasteiger partial charge in [0.1, 0.15) is 17.2 Å². The van der Waals surface area contributed by atoms with Gasteiger partial charge in [0, 0.05) is 23.5 Å². The molecule has 1 heterocycles. The fourth-order valence-corrected chi connectivity index (χ4v) is 2.62. The van der Waals surface area contributed by atoms with Crippen molar-refractivity contribution in [2.45, 2.75) is 6.92 Å². The first kappa shape index (κ1) is 19.9. The molecule has 148 valence electrons. The highest BCUT2D eigenvalue weighted by Gasteiger charge is 2.14. The first-order valence-electron chi connectivity index (χ1n) is 8.87. The van der Waals surface area contributed by atoms with Gasteiger partial charge in [-0.3, -0.25) is 14.6 Å². The molecular formula is C22H21N3O4. The van der Waals surface area contributed by atoms with Crippen LogP contribution >= 0.6 is 0 Å². The van der Waals surface area contributed by atoms with Crippen molar-refractivity contribution in [1.82, 2.24) is 4.98 Å². The van der Waals surface area contributed by atoms with E-state index in [0.717, 1.165) is 5.56 Å². The Morgan fingerprint density at radius 1 is 0.862 bits per heavy atom. The molecule has 0 aliphatic heterocycles. The number of rotatable bonds is 6. The lowest BCUT2D eigenvalue weighted by molar-refractivity contribution is 0.102. The van der Waals surface area contributed by atoms with Crippen LogP contribution in [-0.2, 0) is 0 Å². The van der Waals surface area contributed by atoms with Gasteiger partial charge in [0.15, 0.2) is 0 Å². The Balaban J connectivity index is 1.75. The number of carbonyl (C=O) groups is 2. The highest BCUT2D eigenvalue weighted by atomic mass is 16.5. The van der Waals surface area contributed by atoms with E-state index < -0.39 is 5.91 Å². The molecule has 1 aromatic heterocycles. The summed E-state index contributed by atoms with van der Waals surface area (Å²) in [6, 6.07) is 15.5. The molecule has 0 saturated heterocycles. The van der Waals surface area contributed by atoms with E-state index in [2.05, 4.69) is 15.6 Å². The summed E-state index contributed by atoms with van der Waals surface area (Å²) < 4.78 is 10.4. The number of carbonyl (C=O) groups excluding carboxylic acids is 2. The molecule has 0 aliphatic carbocycles. The third kappa shape index (κ3) is 4.90. The molecular weight excluding hydrogens is 370 g/mol. The largest absolute Gasteiger partial charge is 0.497 e. The minimum absolute atomic E-state index is 0.111. The monoisotopic (exact) mass is 391 g/mol. The van der Waals surface area contributed by atoms with Gasteiger partial charge < -0.3 is 20.1 Å². The van der Waals surface area contributed by atoms with Gasteiger partial charge in [0.05, 0.1) is 19.9 Å². The summed E-state index contributed by atoms with van der Waals surface area (Å²) in [6.07, 6.45) is 1.42. The summed E-state index contributed by atoms with van der Waals surface area (Å²) >= 11 is 0. The van der Waals surface area contributed by atoms with E-state index in [9.17, 15) is 9.59 Å². The zero-order valence-electron chi connectivity index (χ0n) is 16.4. The number of amides is 2. The van der Waals surface area contributed by atoms with Gasteiger partial charge in [-0.25, -0.2) is 0 Å². The Kier molecular flexibility index (Phi) is 6.09. The summed E-state index contributed by atoms with van der Waals surface area (Å²) in [5.74, 6) is 0.268. The number of nitrogens with zero attached hydrogens (tertiary/aromatic N) is 1. The van der Waals surface area contributed by atoms with Crippen LogP contribution in [-0.4, -0.2) is 31.0 Å². The van der Waals surface area contributed by atoms with Gasteiger partial charge in [-0.05, 0) is 43.3 Å². The minimum atomic E-state index is -0.460.